The number of hydrogen-bond acceptors (Lipinski definition) is 4. The Bertz CT molecular complexity index is 647. The molecule has 1 aromatic heterocycles. The van der Waals surface area contributed by atoms with Crippen LogP contribution >= 0.6 is 0 Å². The Hall–Kier alpha value is -2.70. The lowest BCUT2D eigenvalue weighted by Gasteiger charge is -2.08. The van der Waals surface area contributed by atoms with E-state index < -0.39 is 17.6 Å². The Balaban J connectivity index is 2.37. The van der Waals surface area contributed by atoms with Crippen molar-refractivity contribution in [2.45, 2.75) is 0 Å². The summed E-state index contributed by atoms with van der Waals surface area (Å²) < 4.78 is 30.9. The first-order valence-electron chi connectivity index (χ1n) is 5.09. The Morgan fingerprint density at radius 1 is 1.26 bits per heavy atom. The van der Waals surface area contributed by atoms with Crippen molar-refractivity contribution in [1.82, 2.24) is 4.98 Å². The predicted molar refractivity (Wildman–Crippen MR) is 62.0 cm³/mol. The Labute approximate surface area is 106 Å². The second-order valence-electron chi connectivity index (χ2n) is 3.59. The van der Waals surface area contributed by atoms with Gasteiger partial charge in [0.05, 0.1) is 6.20 Å². The van der Waals surface area contributed by atoms with E-state index in [2.05, 4.69) is 4.98 Å². The number of pyridine rings is 1. The summed E-state index contributed by atoms with van der Waals surface area (Å²) in [5, 5.41) is 8.97. The van der Waals surface area contributed by atoms with Crippen LogP contribution in [0.15, 0.2) is 30.5 Å². The van der Waals surface area contributed by atoms with Gasteiger partial charge in [0.2, 0.25) is 0 Å². The second kappa shape index (κ2) is 4.89. The lowest BCUT2D eigenvalue weighted by molar-refractivity contribution is 0.0694. The highest BCUT2D eigenvalue weighted by molar-refractivity contribution is 5.91. The van der Waals surface area contributed by atoms with Crippen molar-refractivity contribution >= 4 is 11.8 Å². The van der Waals surface area contributed by atoms with Crippen molar-refractivity contribution in [3.63, 3.8) is 0 Å². The molecule has 0 bridgehead atoms. The van der Waals surface area contributed by atoms with Crippen molar-refractivity contribution in [1.29, 1.82) is 0 Å². The maximum absolute atomic E-state index is 13.0. The van der Waals surface area contributed by atoms with Crippen LogP contribution in [-0.4, -0.2) is 16.1 Å². The lowest BCUT2D eigenvalue weighted by Crippen LogP contribution is -2.03. The van der Waals surface area contributed by atoms with E-state index in [0.29, 0.717) is 0 Å². The van der Waals surface area contributed by atoms with Crippen molar-refractivity contribution in [2.75, 3.05) is 5.73 Å². The fraction of sp³-hybridized carbons (Fsp3) is 0. The van der Waals surface area contributed by atoms with Crippen LogP contribution in [0.25, 0.3) is 0 Å². The van der Waals surface area contributed by atoms with Crippen molar-refractivity contribution in [2.24, 2.45) is 0 Å². The molecule has 19 heavy (non-hydrogen) atoms. The summed E-state index contributed by atoms with van der Waals surface area (Å²) >= 11 is 0. The highest BCUT2D eigenvalue weighted by Gasteiger charge is 2.14. The first kappa shape index (κ1) is 12.7. The topological polar surface area (TPSA) is 85.4 Å². The fourth-order valence-corrected chi connectivity index (χ4v) is 1.37. The lowest BCUT2D eigenvalue weighted by atomic mass is 10.2. The zero-order chi connectivity index (χ0) is 14.0. The number of carbonyl (C=O) groups is 1. The van der Waals surface area contributed by atoms with E-state index in [1.165, 1.54) is 6.07 Å². The van der Waals surface area contributed by atoms with Crippen LogP contribution in [0.5, 0.6) is 11.5 Å². The number of nitrogens with zero attached hydrogens (tertiary/aromatic N) is 1. The summed E-state index contributed by atoms with van der Waals surface area (Å²) in [6.45, 7) is 0. The number of aromatic nitrogens is 1. The van der Waals surface area contributed by atoms with Crippen LogP contribution in [0, 0.1) is 11.6 Å². The van der Waals surface area contributed by atoms with Gasteiger partial charge in [-0.1, -0.05) is 0 Å². The molecular weight excluding hydrogens is 258 g/mol. The summed E-state index contributed by atoms with van der Waals surface area (Å²) in [7, 11) is 0. The minimum atomic E-state index is -1.27. The normalized spacial score (nSPS) is 10.2. The molecule has 0 aliphatic carbocycles. The molecule has 0 aliphatic rings. The molecule has 5 nitrogen and oxygen atoms in total. The molecule has 0 spiro atoms. The summed E-state index contributed by atoms with van der Waals surface area (Å²) in [6.07, 6.45) is 1.10. The number of carboxylic acid groups (broad SMARTS) is 1. The molecule has 7 heteroatoms. The van der Waals surface area contributed by atoms with Crippen molar-refractivity contribution in [3.05, 3.63) is 47.7 Å². The molecule has 2 rings (SSSR count). The van der Waals surface area contributed by atoms with Gasteiger partial charge in [-0.25, -0.2) is 18.6 Å². The van der Waals surface area contributed by atoms with E-state index in [1.807, 2.05) is 0 Å². The van der Waals surface area contributed by atoms with E-state index in [0.717, 1.165) is 24.4 Å². The first-order chi connectivity index (χ1) is 8.97. The van der Waals surface area contributed by atoms with Crippen LogP contribution in [-0.2, 0) is 0 Å². The van der Waals surface area contributed by atoms with Crippen LogP contribution in [0.3, 0.4) is 0 Å². The molecular formula is C12H8F2N2O3. The van der Waals surface area contributed by atoms with Gasteiger partial charge in [0.1, 0.15) is 17.1 Å². The zero-order valence-corrected chi connectivity index (χ0v) is 9.43. The number of hydrogen-bond donors (Lipinski definition) is 2. The highest BCUT2D eigenvalue weighted by atomic mass is 19.2. The third-order valence-electron chi connectivity index (χ3n) is 2.24. The smallest absolute Gasteiger partial charge is 0.339 e. The summed E-state index contributed by atoms with van der Waals surface area (Å²) in [5.74, 6) is -3.55. The Morgan fingerprint density at radius 3 is 2.63 bits per heavy atom. The monoisotopic (exact) mass is 266 g/mol. The summed E-state index contributed by atoms with van der Waals surface area (Å²) in [6, 6.07) is 3.95. The van der Waals surface area contributed by atoms with Crippen LogP contribution in [0.1, 0.15) is 10.4 Å². The molecule has 0 saturated carbocycles. The highest BCUT2D eigenvalue weighted by Crippen LogP contribution is 2.26. The third kappa shape index (κ3) is 2.76. The molecule has 0 saturated heterocycles. The van der Waals surface area contributed by atoms with E-state index in [4.69, 9.17) is 15.6 Å². The molecule has 0 atom stereocenters. The summed E-state index contributed by atoms with van der Waals surface area (Å²) in [5.41, 5.74) is 5.14. The quantitative estimate of drug-likeness (QED) is 0.891. The van der Waals surface area contributed by atoms with Crippen molar-refractivity contribution < 1.29 is 23.4 Å². The first-order valence-corrected chi connectivity index (χ1v) is 5.09. The van der Waals surface area contributed by atoms with Gasteiger partial charge in [-0.3, -0.25) is 0 Å². The minimum Gasteiger partial charge on any atom is -0.478 e. The molecule has 0 fully saturated rings. The second-order valence-corrected chi connectivity index (χ2v) is 3.59. The molecule has 3 N–H and O–H groups in total. The number of carboxylic acids is 1. The number of nitrogen functional groups attached to an aromatic ring is 1. The Morgan fingerprint density at radius 2 is 2.00 bits per heavy atom. The molecule has 1 heterocycles. The van der Waals surface area contributed by atoms with Gasteiger partial charge < -0.3 is 15.6 Å². The number of aromatic carboxylic acids is 1. The number of halogens is 2. The summed E-state index contributed by atoms with van der Waals surface area (Å²) in [4.78, 5) is 14.7. The average molecular weight is 266 g/mol. The Kier molecular flexibility index (Phi) is 3.28. The van der Waals surface area contributed by atoms with E-state index in [1.54, 1.807) is 0 Å². The van der Waals surface area contributed by atoms with Gasteiger partial charge in [-0.2, -0.15) is 0 Å². The fourth-order valence-electron chi connectivity index (χ4n) is 1.37. The van der Waals surface area contributed by atoms with Gasteiger partial charge >= 0.3 is 5.97 Å². The largest absolute Gasteiger partial charge is 0.478 e. The van der Waals surface area contributed by atoms with Gasteiger partial charge in [-0.05, 0) is 18.2 Å². The average Bonchev–Trinajstić information content (AvgIpc) is 2.36. The zero-order valence-electron chi connectivity index (χ0n) is 9.43. The van der Waals surface area contributed by atoms with Crippen molar-refractivity contribution in [3.8, 4) is 11.5 Å². The number of ether oxygens (including phenoxy) is 1. The van der Waals surface area contributed by atoms with Gasteiger partial charge in [0.15, 0.2) is 17.4 Å². The van der Waals surface area contributed by atoms with E-state index in [-0.39, 0.29) is 22.9 Å². The molecule has 0 unspecified atom stereocenters. The van der Waals surface area contributed by atoms with E-state index >= 15 is 0 Å². The van der Waals surface area contributed by atoms with Gasteiger partial charge in [0, 0.05) is 6.07 Å². The third-order valence-corrected chi connectivity index (χ3v) is 2.24. The van der Waals surface area contributed by atoms with Crippen LogP contribution in [0.2, 0.25) is 0 Å². The molecule has 0 amide bonds. The van der Waals surface area contributed by atoms with Crippen LogP contribution < -0.4 is 10.5 Å². The maximum atomic E-state index is 13.0. The molecule has 1 aromatic carbocycles. The predicted octanol–water partition coefficient (Wildman–Crippen LogP) is 2.43. The maximum Gasteiger partial charge on any atom is 0.339 e. The van der Waals surface area contributed by atoms with E-state index in [9.17, 15) is 13.6 Å². The van der Waals surface area contributed by atoms with Gasteiger partial charge in [0.25, 0.3) is 0 Å². The number of benzene rings is 1. The SMILES string of the molecule is Nc1cc(C(=O)O)c(Oc2ccc(F)c(F)c2)cn1. The number of rotatable bonds is 3. The van der Waals surface area contributed by atoms with Gasteiger partial charge in [-0.15, -0.1) is 0 Å². The minimum absolute atomic E-state index is 0.00929. The molecule has 0 aliphatic heterocycles. The number of anilines is 1. The molecule has 98 valence electrons. The molecule has 0 radical (unpaired) electrons. The molecule has 2 aromatic rings. The standard InChI is InChI=1S/C12H8F2N2O3/c13-8-2-1-6(3-9(8)14)19-10-5-16-11(15)4-7(10)12(17)18/h1-5H,(H2,15,16)(H,17,18). The number of nitrogens with two attached hydrogens (primary N) is 1. The van der Waals surface area contributed by atoms with Crippen LogP contribution in [0.4, 0.5) is 14.6 Å².